The van der Waals surface area contributed by atoms with Crippen LogP contribution in [0.1, 0.15) is 11.1 Å². The topological polar surface area (TPSA) is 46.8 Å². The SMILES string of the molecule is Cc1ccc2c3ccccc3n(-c3ccc4oc5c(-n6c7ccccc7c7ccc(C#N)cc76)cccc5c4c3)c2c1. The lowest BCUT2D eigenvalue weighted by atomic mass is 10.1. The molecular weight excluding hydrogens is 514 g/mol. The van der Waals surface area contributed by atoms with Gasteiger partial charge in [-0.2, -0.15) is 5.26 Å². The molecule has 42 heavy (non-hydrogen) atoms. The van der Waals surface area contributed by atoms with Gasteiger partial charge in [-0.1, -0.05) is 66.7 Å². The first-order chi connectivity index (χ1) is 20.7. The highest BCUT2D eigenvalue weighted by atomic mass is 16.3. The molecule has 0 saturated heterocycles. The molecule has 4 heteroatoms. The summed E-state index contributed by atoms with van der Waals surface area (Å²) in [5.74, 6) is 0. The van der Waals surface area contributed by atoms with Crippen molar-refractivity contribution in [1.82, 2.24) is 9.13 Å². The molecule has 0 saturated carbocycles. The number of rotatable bonds is 2. The lowest BCUT2D eigenvalue weighted by molar-refractivity contribution is 0.666. The Kier molecular flexibility index (Phi) is 4.57. The summed E-state index contributed by atoms with van der Waals surface area (Å²) >= 11 is 0. The van der Waals surface area contributed by atoms with Crippen molar-refractivity contribution < 1.29 is 4.42 Å². The maximum Gasteiger partial charge on any atom is 0.159 e. The number of benzene rings is 6. The number of nitriles is 1. The molecule has 6 aromatic carbocycles. The largest absolute Gasteiger partial charge is 0.454 e. The first-order valence-corrected chi connectivity index (χ1v) is 14.1. The van der Waals surface area contributed by atoms with Crippen LogP contribution in [-0.2, 0) is 0 Å². The van der Waals surface area contributed by atoms with E-state index in [1.807, 2.05) is 18.2 Å². The fourth-order valence-corrected chi connectivity index (χ4v) is 6.75. The van der Waals surface area contributed by atoms with Crippen molar-refractivity contribution in [2.45, 2.75) is 6.92 Å². The number of furan rings is 1. The van der Waals surface area contributed by atoms with Crippen LogP contribution in [0.15, 0.2) is 126 Å². The molecule has 3 aromatic heterocycles. The maximum absolute atomic E-state index is 9.67. The number of aryl methyl sites for hydroxylation is 1. The zero-order valence-corrected chi connectivity index (χ0v) is 22.8. The van der Waals surface area contributed by atoms with E-state index in [9.17, 15) is 5.26 Å². The molecule has 3 heterocycles. The summed E-state index contributed by atoms with van der Waals surface area (Å²) in [5, 5.41) is 16.6. The van der Waals surface area contributed by atoms with Crippen LogP contribution in [0.5, 0.6) is 0 Å². The Morgan fingerprint density at radius 1 is 0.548 bits per heavy atom. The fraction of sp³-hybridized carbons (Fsp3) is 0.0263. The van der Waals surface area contributed by atoms with Gasteiger partial charge in [0.15, 0.2) is 5.58 Å². The number of fused-ring (bicyclic) bond motifs is 9. The number of hydrogen-bond acceptors (Lipinski definition) is 2. The molecule has 196 valence electrons. The number of nitrogens with zero attached hydrogens (tertiary/aromatic N) is 3. The van der Waals surface area contributed by atoms with Gasteiger partial charge in [-0.3, -0.25) is 0 Å². The van der Waals surface area contributed by atoms with E-state index in [4.69, 9.17) is 4.42 Å². The summed E-state index contributed by atoms with van der Waals surface area (Å²) in [4.78, 5) is 0. The van der Waals surface area contributed by atoms with Gasteiger partial charge in [0.2, 0.25) is 0 Å². The minimum absolute atomic E-state index is 0.634. The Morgan fingerprint density at radius 2 is 1.21 bits per heavy atom. The van der Waals surface area contributed by atoms with Crippen LogP contribution in [0, 0.1) is 18.3 Å². The minimum Gasteiger partial charge on any atom is -0.454 e. The molecule has 0 bridgehead atoms. The Balaban J connectivity index is 1.34. The molecule has 9 aromatic rings. The fourth-order valence-electron chi connectivity index (χ4n) is 6.75. The highest BCUT2D eigenvalue weighted by molar-refractivity contribution is 6.14. The van der Waals surface area contributed by atoms with Gasteiger partial charge in [0, 0.05) is 38.0 Å². The van der Waals surface area contributed by atoms with Crippen molar-refractivity contribution in [2.75, 3.05) is 0 Å². The summed E-state index contributed by atoms with van der Waals surface area (Å²) in [7, 11) is 0. The Morgan fingerprint density at radius 3 is 2.00 bits per heavy atom. The molecule has 0 aliphatic carbocycles. The van der Waals surface area contributed by atoms with Crippen LogP contribution in [0.4, 0.5) is 0 Å². The smallest absolute Gasteiger partial charge is 0.159 e. The highest BCUT2D eigenvalue weighted by Crippen LogP contribution is 2.40. The molecule has 0 spiro atoms. The van der Waals surface area contributed by atoms with E-state index in [-0.39, 0.29) is 0 Å². The van der Waals surface area contributed by atoms with E-state index in [0.29, 0.717) is 5.56 Å². The van der Waals surface area contributed by atoms with Crippen LogP contribution in [-0.4, -0.2) is 9.13 Å². The molecular formula is C38H23N3O. The van der Waals surface area contributed by atoms with Crippen molar-refractivity contribution in [3.05, 3.63) is 132 Å². The first kappa shape index (κ1) is 23.0. The lowest BCUT2D eigenvalue weighted by Crippen LogP contribution is -1.94. The average Bonchev–Trinajstić information content (AvgIpc) is 3.67. The van der Waals surface area contributed by atoms with Crippen molar-refractivity contribution in [3.8, 4) is 17.4 Å². The summed E-state index contributed by atoms with van der Waals surface area (Å²) in [5.41, 5.74) is 10.0. The molecule has 0 unspecified atom stereocenters. The summed E-state index contributed by atoms with van der Waals surface area (Å²) in [6, 6.07) is 44.7. The van der Waals surface area contributed by atoms with Crippen LogP contribution >= 0.6 is 0 Å². The van der Waals surface area contributed by atoms with Gasteiger partial charge in [0.25, 0.3) is 0 Å². The second-order valence-corrected chi connectivity index (χ2v) is 11.0. The van der Waals surface area contributed by atoms with Crippen LogP contribution in [0.3, 0.4) is 0 Å². The van der Waals surface area contributed by atoms with Gasteiger partial charge < -0.3 is 13.6 Å². The van der Waals surface area contributed by atoms with Crippen LogP contribution in [0.25, 0.3) is 76.9 Å². The molecule has 0 fully saturated rings. The first-order valence-electron chi connectivity index (χ1n) is 14.1. The third-order valence-electron chi connectivity index (χ3n) is 8.59. The van der Waals surface area contributed by atoms with E-state index < -0.39 is 0 Å². The van der Waals surface area contributed by atoms with Gasteiger partial charge in [0.1, 0.15) is 5.58 Å². The van der Waals surface area contributed by atoms with E-state index in [1.165, 1.54) is 27.4 Å². The molecule has 0 radical (unpaired) electrons. The molecule has 0 aliphatic heterocycles. The van der Waals surface area contributed by atoms with E-state index in [0.717, 1.165) is 55.1 Å². The van der Waals surface area contributed by atoms with E-state index in [1.54, 1.807) is 0 Å². The predicted molar refractivity (Wildman–Crippen MR) is 172 cm³/mol. The van der Waals surface area contributed by atoms with Crippen molar-refractivity contribution >= 4 is 65.6 Å². The predicted octanol–water partition coefficient (Wildman–Crippen LogP) is 9.96. The summed E-state index contributed by atoms with van der Waals surface area (Å²) in [6.45, 7) is 2.14. The Hall–Kier alpha value is -5.79. The van der Waals surface area contributed by atoms with E-state index >= 15 is 0 Å². The van der Waals surface area contributed by atoms with Crippen molar-refractivity contribution in [1.29, 1.82) is 5.26 Å². The van der Waals surface area contributed by atoms with Crippen molar-refractivity contribution in [2.24, 2.45) is 0 Å². The summed E-state index contributed by atoms with van der Waals surface area (Å²) < 4.78 is 11.2. The highest BCUT2D eigenvalue weighted by Gasteiger charge is 2.19. The second kappa shape index (κ2) is 8.36. The standard InChI is InChI=1S/C38H23N3O/c1-23-13-16-28-26-7-2-4-10-32(26)40(35(28)19-23)25-15-18-37-31(21-25)30-9-6-12-34(38(30)42-37)41-33-11-5-3-8-27(33)29-17-14-24(22-39)20-36(29)41/h2-21H,1H3. The zero-order chi connectivity index (χ0) is 27.9. The van der Waals surface area contributed by atoms with Crippen molar-refractivity contribution in [3.63, 3.8) is 0 Å². The molecule has 9 rings (SSSR count). The van der Waals surface area contributed by atoms with Gasteiger partial charge >= 0.3 is 0 Å². The van der Waals surface area contributed by atoms with Gasteiger partial charge in [-0.05, 0) is 67.1 Å². The van der Waals surface area contributed by atoms with Crippen LogP contribution < -0.4 is 0 Å². The molecule has 0 amide bonds. The normalized spacial score (nSPS) is 11.9. The monoisotopic (exact) mass is 537 g/mol. The maximum atomic E-state index is 9.67. The molecule has 4 nitrogen and oxygen atoms in total. The third kappa shape index (κ3) is 3.05. The molecule has 0 N–H and O–H groups in total. The lowest BCUT2D eigenvalue weighted by Gasteiger charge is -2.09. The molecule has 0 aliphatic rings. The zero-order valence-electron chi connectivity index (χ0n) is 22.8. The summed E-state index contributed by atoms with van der Waals surface area (Å²) in [6.07, 6.45) is 0. The minimum atomic E-state index is 0.634. The van der Waals surface area contributed by atoms with Gasteiger partial charge in [-0.15, -0.1) is 0 Å². The van der Waals surface area contributed by atoms with Gasteiger partial charge in [0.05, 0.1) is 39.4 Å². The number of para-hydroxylation sites is 3. The Bertz CT molecular complexity index is 2600. The van der Waals surface area contributed by atoms with Gasteiger partial charge in [-0.25, -0.2) is 0 Å². The Labute approximate surface area is 240 Å². The molecule has 0 atom stereocenters. The average molecular weight is 538 g/mol. The number of hydrogen-bond donors (Lipinski definition) is 0. The second-order valence-electron chi connectivity index (χ2n) is 11.0. The quantitative estimate of drug-likeness (QED) is 0.220. The van der Waals surface area contributed by atoms with E-state index in [2.05, 4.69) is 125 Å². The number of aromatic nitrogens is 2. The third-order valence-corrected chi connectivity index (χ3v) is 8.59. The van der Waals surface area contributed by atoms with Crippen LogP contribution in [0.2, 0.25) is 0 Å².